The third kappa shape index (κ3) is 7.10. The van der Waals surface area contributed by atoms with Gasteiger partial charge in [0.05, 0.1) is 35.5 Å². The molecule has 1 unspecified atom stereocenters. The van der Waals surface area contributed by atoms with E-state index < -0.39 is 11.8 Å². The molecule has 0 aromatic heterocycles. The van der Waals surface area contributed by atoms with Gasteiger partial charge in [0.15, 0.2) is 11.5 Å². The van der Waals surface area contributed by atoms with Crippen molar-refractivity contribution in [2.75, 3.05) is 28.8 Å². The Kier molecular flexibility index (Phi) is 9.52. The van der Waals surface area contributed by atoms with E-state index in [1.165, 1.54) is 20.1 Å². The number of ether oxygens (including phenoxy) is 1. The van der Waals surface area contributed by atoms with E-state index in [0.29, 0.717) is 38.9 Å². The van der Waals surface area contributed by atoms with Crippen molar-refractivity contribution in [2.45, 2.75) is 19.8 Å². The fraction of sp³-hybridized carbons (Fsp3) is 0.161. The summed E-state index contributed by atoms with van der Waals surface area (Å²) in [5.74, 6) is -1.62. The van der Waals surface area contributed by atoms with Crippen LogP contribution < -0.4 is 26.0 Å². The number of phenolic OH excluding ortho intramolecular Hbond substituents is 1. The number of allylic oxidation sites excluding steroid dienone is 2. The molecule has 42 heavy (non-hydrogen) atoms. The molecule has 11 heteroatoms. The number of hydrogen-bond donors (Lipinski definition) is 5. The molecular weight excluding hydrogens is 554 g/mol. The zero-order chi connectivity index (χ0) is 30.2. The number of para-hydroxylation sites is 1. The average molecular weight is 584 g/mol. The molecule has 5 N–H and O–H groups in total. The van der Waals surface area contributed by atoms with Crippen LogP contribution in [0.4, 0.5) is 17.1 Å². The number of carbonyl (C=O) groups is 3. The van der Waals surface area contributed by atoms with E-state index in [2.05, 4.69) is 27.3 Å². The molecule has 214 valence electrons. The molecule has 1 heterocycles. The van der Waals surface area contributed by atoms with Crippen LogP contribution >= 0.6 is 11.8 Å². The van der Waals surface area contributed by atoms with Crippen molar-refractivity contribution in [3.63, 3.8) is 0 Å². The number of carbonyl (C=O) groups excluding carboxylic acids is 3. The van der Waals surface area contributed by atoms with E-state index in [1.807, 2.05) is 6.07 Å². The highest BCUT2D eigenvalue weighted by atomic mass is 32.2. The van der Waals surface area contributed by atoms with E-state index in [4.69, 9.17) is 4.74 Å². The molecule has 0 radical (unpaired) electrons. The van der Waals surface area contributed by atoms with Crippen molar-refractivity contribution < 1.29 is 24.2 Å². The Hall–Kier alpha value is -5.21. The second kappa shape index (κ2) is 13.4. The van der Waals surface area contributed by atoms with Gasteiger partial charge in [-0.25, -0.2) is 0 Å². The lowest BCUT2D eigenvalue weighted by molar-refractivity contribution is -0.114. The Morgan fingerprint density at radius 3 is 2.24 bits per heavy atom. The molecule has 0 spiro atoms. The second-order valence-corrected chi connectivity index (χ2v) is 10.3. The van der Waals surface area contributed by atoms with Gasteiger partial charge in [-0.3, -0.25) is 14.4 Å². The van der Waals surface area contributed by atoms with Crippen LogP contribution in [-0.4, -0.2) is 35.7 Å². The number of nitrogens with zero attached hydrogens (tertiary/aromatic N) is 1. The number of rotatable bonds is 9. The first kappa shape index (κ1) is 29.8. The van der Waals surface area contributed by atoms with Gasteiger partial charge in [-0.2, -0.15) is 5.26 Å². The van der Waals surface area contributed by atoms with Crippen molar-refractivity contribution in [2.24, 2.45) is 0 Å². The molecule has 1 aliphatic heterocycles. The molecule has 3 amide bonds. The van der Waals surface area contributed by atoms with Gasteiger partial charge in [-0.05, 0) is 61.0 Å². The maximum absolute atomic E-state index is 13.6. The molecular formula is C31H29N5O5S. The molecule has 1 aliphatic rings. The maximum atomic E-state index is 13.6. The fourth-order valence-corrected chi connectivity index (χ4v) is 5.32. The van der Waals surface area contributed by atoms with Gasteiger partial charge in [0, 0.05) is 35.3 Å². The van der Waals surface area contributed by atoms with Crippen molar-refractivity contribution in [1.82, 2.24) is 5.32 Å². The van der Waals surface area contributed by atoms with Gasteiger partial charge in [0.2, 0.25) is 11.8 Å². The highest BCUT2D eigenvalue weighted by Crippen LogP contribution is 2.43. The predicted molar refractivity (Wildman–Crippen MR) is 163 cm³/mol. The molecule has 0 saturated heterocycles. The number of aromatic hydroxyl groups is 1. The first-order chi connectivity index (χ1) is 20.2. The van der Waals surface area contributed by atoms with Gasteiger partial charge in [0.1, 0.15) is 0 Å². The zero-order valence-electron chi connectivity index (χ0n) is 23.1. The van der Waals surface area contributed by atoms with E-state index in [-0.39, 0.29) is 34.6 Å². The number of nitrogens with one attached hydrogen (secondary N) is 4. The number of nitriles is 1. The van der Waals surface area contributed by atoms with Gasteiger partial charge in [0.25, 0.3) is 5.91 Å². The summed E-state index contributed by atoms with van der Waals surface area (Å²) >= 11 is 1.13. The number of benzene rings is 3. The topological polar surface area (TPSA) is 153 Å². The molecule has 3 aromatic rings. The van der Waals surface area contributed by atoms with E-state index >= 15 is 0 Å². The summed E-state index contributed by atoms with van der Waals surface area (Å²) in [6, 6.07) is 22.6. The summed E-state index contributed by atoms with van der Waals surface area (Å²) in [7, 11) is 1.42. The van der Waals surface area contributed by atoms with Gasteiger partial charge in [-0.1, -0.05) is 36.0 Å². The van der Waals surface area contributed by atoms with Crippen LogP contribution in [-0.2, 0) is 14.4 Å². The van der Waals surface area contributed by atoms with Gasteiger partial charge >= 0.3 is 0 Å². The number of anilines is 3. The summed E-state index contributed by atoms with van der Waals surface area (Å²) in [6.45, 7) is 3.14. The molecule has 0 bridgehead atoms. The quantitative estimate of drug-likeness (QED) is 0.234. The van der Waals surface area contributed by atoms with Crippen LogP contribution in [0.2, 0.25) is 0 Å². The molecule has 1 atom stereocenters. The summed E-state index contributed by atoms with van der Waals surface area (Å²) < 4.78 is 5.29. The Morgan fingerprint density at radius 2 is 1.62 bits per heavy atom. The standard InChI is InChI=1S/C31H29N5O5S/c1-18-28(30(40)36-21-7-5-4-6-8-21)29(20-9-14-25(38)26(15-20)41-3)24(16-32)31(33-18)42-17-27(39)35-23-12-10-22(11-13-23)34-19(2)37/h4-15,29,33,38H,17H2,1-3H3,(H,34,37)(H,35,39)(H,36,40). The average Bonchev–Trinajstić information content (AvgIpc) is 2.97. The Labute approximate surface area is 247 Å². The minimum Gasteiger partial charge on any atom is -0.504 e. The lowest BCUT2D eigenvalue weighted by Gasteiger charge is -2.30. The van der Waals surface area contributed by atoms with Crippen molar-refractivity contribution >= 4 is 46.5 Å². The van der Waals surface area contributed by atoms with E-state index in [1.54, 1.807) is 67.6 Å². The highest BCUT2D eigenvalue weighted by molar-refractivity contribution is 8.03. The Morgan fingerprint density at radius 1 is 0.976 bits per heavy atom. The highest BCUT2D eigenvalue weighted by Gasteiger charge is 2.35. The summed E-state index contributed by atoms with van der Waals surface area (Å²) in [5.41, 5.74) is 3.37. The zero-order valence-corrected chi connectivity index (χ0v) is 24.0. The number of amides is 3. The lowest BCUT2D eigenvalue weighted by Crippen LogP contribution is -2.31. The minimum atomic E-state index is -0.804. The predicted octanol–water partition coefficient (Wildman–Crippen LogP) is 5.07. The lowest BCUT2D eigenvalue weighted by atomic mass is 9.82. The summed E-state index contributed by atoms with van der Waals surface area (Å²) in [6.07, 6.45) is 0. The Bertz CT molecular complexity index is 1610. The van der Waals surface area contributed by atoms with Crippen LogP contribution in [0.5, 0.6) is 11.5 Å². The monoisotopic (exact) mass is 583 g/mol. The minimum absolute atomic E-state index is 0.0224. The number of methoxy groups -OCH3 is 1. The summed E-state index contributed by atoms with van der Waals surface area (Å²) in [5, 5.41) is 32.4. The molecule has 0 aliphatic carbocycles. The molecule has 10 nitrogen and oxygen atoms in total. The second-order valence-electron chi connectivity index (χ2n) is 9.30. The van der Waals surface area contributed by atoms with Crippen molar-refractivity contribution in [3.05, 3.63) is 100 Å². The van der Waals surface area contributed by atoms with Crippen molar-refractivity contribution in [1.29, 1.82) is 5.26 Å². The fourth-order valence-electron chi connectivity index (χ4n) is 4.43. The first-order valence-electron chi connectivity index (χ1n) is 12.9. The van der Waals surface area contributed by atoms with Crippen LogP contribution in [0.3, 0.4) is 0 Å². The Balaban J connectivity index is 1.61. The van der Waals surface area contributed by atoms with Gasteiger partial charge < -0.3 is 31.1 Å². The maximum Gasteiger partial charge on any atom is 0.254 e. The van der Waals surface area contributed by atoms with Gasteiger partial charge in [-0.15, -0.1) is 0 Å². The molecule has 0 fully saturated rings. The molecule has 4 rings (SSSR count). The largest absolute Gasteiger partial charge is 0.504 e. The van der Waals surface area contributed by atoms with E-state index in [0.717, 1.165) is 11.8 Å². The normalized spacial score (nSPS) is 14.4. The number of thioether (sulfide) groups is 1. The smallest absolute Gasteiger partial charge is 0.254 e. The number of dihydropyridines is 1. The first-order valence-corrected chi connectivity index (χ1v) is 13.8. The van der Waals surface area contributed by atoms with E-state index in [9.17, 15) is 24.8 Å². The van der Waals surface area contributed by atoms with Crippen molar-refractivity contribution in [3.8, 4) is 17.6 Å². The molecule has 3 aromatic carbocycles. The molecule has 0 saturated carbocycles. The van der Waals surface area contributed by atoms with Crippen LogP contribution in [0, 0.1) is 11.3 Å². The third-order valence-electron chi connectivity index (χ3n) is 6.30. The van der Waals surface area contributed by atoms with Crippen LogP contribution in [0.15, 0.2) is 94.7 Å². The van der Waals surface area contributed by atoms with Crippen LogP contribution in [0.25, 0.3) is 0 Å². The SMILES string of the molecule is COc1cc(C2C(C#N)=C(SCC(=O)Nc3ccc(NC(C)=O)cc3)NC(C)=C2C(=O)Nc2ccccc2)ccc1O. The summed E-state index contributed by atoms with van der Waals surface area (Å²) in [4.78, 5) is 37.6. The number of hydrogen-bond acceptors (Lipinski definition) is 8. The van der Waals surface area contributed by atoms with Crippen LogP contribution in [0.1, 0.15) is 25.3 Å². The third-order valence-corrected chi connectivity index (χ3v) is 7.31. The number of phenols is 1.